The van der Waals surface area contributed by atoms with Gasteiger partial charge in [-0.1, -0.05) is 48.0 Å². The summed E-state index contributed by atoms with van der Waals surface area (Å²) in [6, 6.07) is 21.8. The van der Waals surface area contributed by atoms with Crippen molar-refractivity contribution in [2.24, 2.45) is 0 Å². The second kappa shape index (κ2) is 9.60. The van der Waals surface area contributed by atoms with Gasteiger partial charge in [-0.05, 0) is 36.8 Å². The SMILES string of the molecule is COc1cc(NC(C(=O)Nc2ccc(C)cc2)c2ccccc2)ccc1NC(C)=O. The number of benzene rings is 3. The summed E-state index contributed by atoms with van der Waals surface area (Å²) in [5.74, 6) is 0.129. The van der Waals surface area contributed by atoms with Crippen molar-refractivity contribution in [2.45, 2.75) is 19.9 Å². The highest BCUT2D eigenvalue weighted by atomic mass is 16.5. The highest BCUT2D eigenvalue weighted by molar-refractivity contribution is 5.97. The number of amides is 2. The number of nitrogens with one attached hydrogen (secondary N) is 3. The van der Waals surface area contributed by atoms with Crippen LogP contribution in [0.3, 0.4) is 0 Å². The number of carbonyl (C=O) groups is 2. The van der Waals surface area contributed by atoms with Crippen LogP contribution in [-0.4, -0.2) is 18.9 Å². The Morgan fingerprint density at radius 2 is 1.53 bits per heavy atom. The van der Waals surface area contributed by atoms with E-state index in [1.54, 1.807) is 18.2 Å². The molecule has 3 aromatic rings. The van der Waals surface area contributed by atoms with Crippen molar-refractivity contribution in [3.63, 3.8) is 0 Å². The van der Waals surface area contributed by atoms with E-state index in [0.29, 0.717) is 17.1 Å². The molecule has 3 rings (SSSR count). The Bertz CT molecular complexity index is 1020. The Kier molecular flexibility index (Phi) is 6.70. The largest absolute Gasteiger partial charge is 0.494 e. The van der Waals surface area contributed by atoms with Crippen LogP contribution in [0.15, 0.2) is 72.8 Å². The van der Waals surface area contributed by atoms with Gasteiger partial charge < -0.3 is 20.7 Å². The van der Waals surface area contributed by atoms with Crippen LogP contribution in [0.5, 0.6) is 5.75 Å². The normalized spacial score (nSPS) is 11.3. The van der Waals surface area contributed by atoms with Gasteiger partial charge in [-0.3, -0.25) is 9.59 Å². The monoisotopic (exact) mass is 403 g/mol. The van der Waals surface area contributed by atoms with Crippen molar-refractivity contribution in [3.8, 4) is 5.75 Å². The quantitative estimate of drug-likeness (QED) is 0.532. The van der Waals surface area contributed by atoms with Gasteiger partial charge in [0, 0.05) is 24.4 Å². The van der Waals surface area contributed by atoms with E-state index in [1.807, 2.05) is 61.5 Å². The van der Waals surface area contributed by atoms with E-state index in [2.05, 4.69) is 16.0 Å². The Morgan fingerprint density at radius 1 is 0.867 bits per heavy atom. The van der Waals surface area contributed by atoms with Gasteiger partial charge >= 0.3 is 0 Å². The predicted octanol–water partition coefficient (Wildman–Crippen LogP) is 4.75. The highest BCUT2D eigenvalue weighted by Crippen LogP contribution is 2.30. The number of rotatable bonds is 7. The molecule has 3 N–H and O–H groups in total. The van der Waals surface area contributed by atoms with Crippen molar-refractivity contribution in [3.05, 3.63) is 83.9 Å². The summed E-state index contributed by atoms with van der Waals surface area (Å²) in [5.41, 5.74) is 3.93. The number of aryl methyl sites for hydroxylation is 1. The minimum atomic E-state index is -0.621. The minimum absolute atomic E-state index is 0.185. The Balaban J connectivity index is 1.87. The summed E-state index contributed by atoms with van der Waals surface area (Å²) in [7, 11) is 1.53. The predicted molar refractivity (Wildman–Crippen MR) is 120 cm³/mol. The molecular weight excluding hydrogens is 378 g/mol. The maximum Gasteiger partial charge on any atom is 0.251 e. The molecule has 30 heavy (non-hydrogen) atoms. The molecule has 0 aliphatic rings. The topological polar surface area (TPSA) is 79.5 Å². The molecule has 3 aromatic carbocycles. The molecule has 0 aliphatic carbocycles. The summed E-state index contributed by atoms with van der Waals surface area (Å²) >= 11 is 0. The van der Waals surface area contributed by atoms with Gasteiger partial charge in [0.1, 0.15) is 11.8 Å². The molecule has 154 valence electrons. The highest BCUT2D eigenvalue weighted by Gasteiger charge is 2.21. The number of hydrogen-bond acceptors (Lipinski definition) is 4. The summed E-state index contributed by atoms with van der Waals surface area (Å²) in [4.78, 5) is 24.5. The lowest BCUT2D eigenvalue weighted by atomic mass is 10.1. The van der Waals surface area contributed by atoms with Crippen LogP contribution in [-0.2, 0) is 9.59 Å². The molecule has 0 heterocycles. The molecule has 1 unspecified atom stereocenters. The number of ether oxygens (including phenoxy) is 1. The average Bonchev–Trinajstić information content (AvgIpc) is 2.74. The molecule has 2 amide bonds. The van der Waals surface area contributed by atoms with E-state index in [0.717, 1.165) is 16.8 Å². The second-order valence-corrected chi connectivity index (χ2v) is 6.94. The molecule has 0 aliphatic heterocycles. The Morgan fingerprint density at radius 3 is 2.17 bits per heavy atom. The van der Waals surface area contributed by atoms with Crippen LogP contribution >= 0.6 is 0 Å². The van der Waals surface area contributed by atoms with Crippen molar-refractivity contribution < 1.29 is 14.3 Å². The van der Waals surface area contributed by atoms with Gasteiger partial charge in [0.05, 0.1) is 12.8 Å². The standard InChI is InChI=1S/C24H25N3O3/c1-16-9-11-19(12-10-16)27-24(29)23(18-7-5-4-6-8-18)26-20-13-14-21(25-17(2)28)22(15-20)30-3/h4-15,23,26H,1-3H3,(H,25,28)(H,27,29). The Labute approximate surface area is 176 Å². The number of hydrogen-bond donors (Lipinski definition) is 3. The molecule has 1 atom stereocenters. The average molecular weight is 403 g/mol. The number of anilines is 3. The van der Waals surface area contributed by atoms with Gasteiger partial charge in [0.15, 0.2) is 0 Å². The maximum atomic E-state index is 13.1. The first-order chi connectivity index (χ1) is 14.5. The molecular formula is C24H25N3O3. The van der Waals surface area contributed by atoms with Crippen molar-refractivity contribution in [1.82, 2.24) is 0 Å². The minimum Gasteiger partial charge on any atom is -0.494 e. The molecule has 0 saturated carbocycles. The van der Waals surface area contributed by atoms with Crippen LogP contribution in [0.4, 0.5) is 17.1 Å². The molecule has 0 radical (unpaired) electrons. The first-order valence-electron chi connectivity index (χ1n) is 9.61. The summed E-state index contributed by atoms with van der Waals surface area (Å²) in [6.07, 6.45) is 0. The van der Waals surface area contributed by atoms with Crippen LogP contribution in [0.1, 0.15) is 24.1 Å². The van der Waals surface area contributed by atoms with Gasteiger partial charge in [0.25, 0.3) is 5.91 Å². The first-order valence-corrected chi connectivity index (χ1v) is 9.61. The summed E-state index contributed by atoms with van der Waals surface area (Å²) in [6.45, 7) is 3.43. The molecule has 6 nitrogen and oxygen atoms in total. The second-order valence-electron chi connectivity index (χ2n) is 6.94. The lowest BCUT2D eigenvalue weighted by Gasteiger charge is -2.21. The Hall–Kier alpha value is -3.80. The van der Waals surface area contributed by atoms with Gasteiger partial charge in [-0.25, -0.2) is 0 Å². The third-order valence-electron chi connectivity index (χ3n) is 4.54. The molecule has 0 aromatic heterocycles. The van der Waals surface area contributed by atoms with Crippen LogP contribution in [0.2, 0.25) is 0 Å². The number of carbonyl (C=O) groups excluding carboxylic acids is 2. The fraction of sp³-hybridized carbons (Fsp3) is 0.167. The zero-order valence-electron chi connectivity index (χ0n) is 17.2. The maximum absolute atomic E-state index is 13.1. The van der Waals surface area contributed by atoms with E-state index in [-0.39, 0.29) is 11.8 Å². The lowest BCUT2D eigenvalue weighted by molar-refractivity contribution is -0.117. The lowest BCUT2D eigenvalue weighted by Crippen LogP contribution is -2.27. The fourth-order valence-electron chi connectivity index (χ4n) is 3.04. The molecule has 0 saturated heterocycles. The zero-order valence-corrected chi connectivity index (χ0v) is 17.2. The fourth-order valence-corrected chi connectivity index (χ4v) is 3.04. The van der Waals surface area contributed by atoms with E-state index in [1.165, 1.54) is 14.0 Å². The first kappa shape index (κ1) is 20.9. The third-order valence-corrected chi connectivity index (χ3v) is 4.54. The van der Waals surface area contributed by atoms with Crippen molar-refractivity contribution in [2.75, 3.05) is 23.1 Å². The third kappa shape index (κ3) is 5.38. The van der Waals surface area contributed by atoms with Crippen LogP contribution < -0.4 is 20.7 Å². The van der Waals surface area contributed by atoms with Gasteiger partial charge in [-0.2, -0.15) is 0 Å². The molecule has 6 heteroatoms. The van der Waals surface area contributed by atoms with E-state index in [9.17, 15) is 9.59 Å². The van der Waals surface area contributed by atoms with E-state index in [4.69, 9.17) is 4.74 Å². The van der Waals surface area contributed by atoms with Gasteiger partial charge in [-0.15, -0.1) is 0 Å². The summed E-state index contributed by atoms with van der Waals surface area (Å²) < 4.78 is 5.39. The van der Waals surface area contributed by atoms with E-state index < -0.39 is 6.04 Å². The zero-order chi connectivity index (χ0) is 21.5. The smallest absolute Gasteiger partial charge is 0.251 e. The summed E-state index contributed by atoms with van der Waals surface area (Å²) in [5, 5.41) is 8.97. The molecule has 0 bridgehead atoms. The molecule has 0 spiro atoms. The van der Waals surface area contributed by atoms with Crippen molar-refractivity contribution >= 4 is 28.9 Å². The number of methoxy groups -OCH3 is 1. The van der Waals surface area contributed by atoms with Gasteiger partial charge in [0.2, 0.25) is 5.91 Å². The van der Waals surface area contributed by atoms with Crippen molar-refractivity contribution in [1.29, 1.82) is 0 Å². The van der Waals surface area contributed by atoms with Crippen LogP contribution in [0.25, 0.3) is 0 Å². The van der Waals surface area contributed by atoms with E-state index >= 15 is 0 Å². The molecule has 0 fully saturated rings. The van der Waals surface area contributed by atoms with Crippen LogP contribution in [0, 0.1) is 6.92 Å².